The first-order valence-corrected chi connectivity index (χ1v) is 6.27. The third kappa shape index (κ3) is 3.11. The number of nitrogens with zero attached hydrogens (tertiary/aromatic N) is 3. The second kappa shape index (κ2) is 6.14. The number of amides is 1. The molecule has 2 heterocycles. The number of anilines is 1. The monoisotopic (exact) mass is 277 g/mol. The molecule has 7 heteroatoms. The Hall–Kier alpha value is -2.44. The summed E-state index contributed by atoms with van der Waals surface area (Å²) in [7, 11) is 1.79. The highest BCUT2D eigenvalue weighted by molar-refractivity contribution is 5.95. The molecule has 106 valence electrons. The zero-order valence-corrected chi connectivity index (χ0v) is 11.4. The topological polar surface area (TPSA) is 71.8 Å². The van der Waals surface area contributed by atoms with E-state index in [1.165, 1.54) is 12.3 Å². The molecule has 0 unspecified atom stereocenters. The molecule has 0 atom stereocenters. The minimum Gasteiger partial charge on any atom is -0.368 e. The molecule has 2 rings (SSSR count). The molecule has 0 aromatic carbocycles. The first-order chi connectivity index (χ1) is 9.61. The van der Waals surface area contributed by atoms with Crippen LogP contribution in [0.4, 0.5) is 10.2 Å². The second-order valence-corrected chi connectivity index (χ2v) is 4.21. The van der Waals surface area contributed by atoms with E-state index in [1.54, 1.807) is 24.0 Å². The zero-order valence-electron chi connectivity index (χ0n) is 11.4. The Morgan fingerprint density at radius 2 is 2.25 bits per heavy atom. The molecule has 0 radical (unpaired) electrons. The van der Waals surface area contributed by atoms with Crippen LogP contribution in [0.25, 0.3) is 0 Å². The maximum absolute atomic E-state index is 14.0. The summed E-state index contributed by atoms with van der Waals surface area (Å²) in [6, 6.07) is 3.14. The smallest absolute Gasteiger partial charge is 0.254 e. The summed E-state index contributed by atoms with van der Waals surface area (Å²) in [6.45, 7) is 2.61. The van der Waals surface area contributed by atoms with Gasteiger partial charge in [-0.3, -0.25) is 9.48 Å². The Balaban J connectivity index is 2.07. The molecule has 0 spiro atoms. The van der Waals surface area contributed by atoms with Gasteiger partial charge in [0.2, 0.25) is 0 Å². The van der Waals surface area contributed by atoms with Gasteiger partial charge in [0, 0.05) is 26.0 Å². The predicted molar refractivity (Wildman–Crippen MR) is 72.7 cm³/mol. The van der Waals surface area contributed by atoms with Gasteiger partial charge in [-0.1, -0.05) is 0 Å². The Bertz CT molecular complexity index is 611. The maximum atomic E-state index is 14.0. The highest BCUT2D eigenvalue weighted by Gasteiger charge is 2.15. The van der Waals surface area contributed by atoms with Gasteiger partial charge in [-0.2, -0.15) is 5.10 Å². The number of aryl methyl sites for hydroxylation is 1. The molecule has 0 fully saturated rings. The van der Waals surface area contributed by atoms with Crippen LogP contribution >= 0.6 is 0 Å². The highest BCUT2D eigenvalue weighted by atomic mass is 19.1. The summed E-state index contributed by atoms with van der Waals surface area (Å²) >= 11 is 0. The van der Waals surface area contributed by atoms with Crippen molar-refractivity contribution >= 4 is 11.7 Å². The number of hydrogen-bond acceptors (Lipinski definition) is 4. The minimum atomic E-state index is -0.645. The molecule has 0 bridgehead atoms. The lowest BCUT2D eigenvalue weighted by Crippen LogP contribution is -2.24. The van der Waals surface area contributed by atoms with Crippen LogP contribution < -0.4 is 10.6 Å². The van der Waals surface area contributed by atoms with Crippen LogP contribution in [0.3, 0.4) is 0 Å². The van der Waals surface area contributed by atoms with Crippen molar-refractivity contribution in [3.63, 3.8) is 0 Å². The van der Waals surface area contributed by atoms with Crippen molar-refractivity contribution in [3.05, 3.63) is 41.6 Å². The predicted octanol–water partition coefficient (Wildman–Crippen LogP) is 1.32. The van der Waals surface area contributed by atoms with Crippen molar-refractivity contribution < 1.29 is 9.18 Å². The lowest BCUT2D eigenvalue weighted by atomic mass is 10.2. The van der Waals surface area contributed by atoms with E-state index in [0.29, 0.717) is 12.2 Å². The number of nitrogens with one attached hydrogen (secondary N) is 2. The maximum Gasteiger partial charge on any atom is 0.254 e. The first kappa shape index (κ1) is 14.0. The van der Waals surface area contributed by atoms with Gasteiger partial charge in [-0.05, 0) is 19.1 Å². The van der Waals surface area contributed by atoms with Crippen LogP contribution in [0.5, 0.6) is 0 Å². The third-order valence-corrected chi connectivity index (χ3v) is 2.68. The summed E-state index contributed by atoms with van der Waals surface area (Å²) in [6.07, 6.45) is 3.18. The number of carbonyl (C=O) groups excluding carboxylic acids is 1. The number of pyridine rings is 1. The fourth-order valence-corrected chi connectivity index (χ4v) is 1.73. The standard InChI is InChI=1S/C13H16FN5O/c1-3-15-12-11(14)10(4-6-16-12)13(20)17-8-9-5-7-19(2)18-9/h4-7H,3,8H2,1-2H3,(H,15,16)(H,17,20). The van der Waals surface area contributed by atoms with Gasteiger partial charge in [0.25, 0.3) is 5.91 Å². The van der Waals surface area contributed by atoms with E-state index in [4.69, 9.17) is 0 Å². The molecule has 2 aromatic heterocycles. The van der Waals surface area contributed by atoms with Crippen LogP contribution in [0.15, 0.2) is 24.5 Å². The van der Waals surface area contributed by atoms with Crippen molar-refractivity contribution in [1.29, 1.82) is 0 Å². The van der Waals surface area contributed by atoms with Crippen molar-refractivity contribution in [2.45, 2.75) is 13.5 Å². The molecular weight excluding hydrogens is 261 g/mol. The van der Waals surface area contributed by atoms with E-state index < -0.39 is 11.7 Å². The number of aromatic nitrogens is 3. The van der Waals surface area contributed by atoms with Gasteiger partial charge < -0.3 is 10.6 Å². The van der Waals surface area contributed by atoms with Crippen molar-refractivity contribution in [2.24, 2.45) is 7.05 Å². The van der Waals surface area contributed by atoms with Crippen molar-refractivity contribution in [3.8, 4) is 0 Å². The molecular formula is C13H16FN5O. The van der Waals surface area contributed by atoms with Gasteiger partial charge >= 0.3 is 0 Å². The first-order valence-electron chi connectivity index (χ1n) is 6.27. The van der Waals surface area contributed by atoms with E-state index in [0.717, 1.165) is 0 Å². The lowest BCUT2D eigenvalue weighted by Gasteiger charge is -2.08. The number of carbonyl (C=O) groups is 1. The van der Waals surface area contributed by atoms with Crippen molar-refractivity contribution in [1.82, 2.24) is 20.1 Å². The van der Waals surface area contributed by atoms with Gasteiger partial charge in [0.15, 0.2) is 11.6 Å². The summed E-state index contributed by atoms with van der Waals surface area (Å²) in [5.74, 6) is -1.06. The molecule has 2 N–H and O–H groups in total. The Labute approximate surface area is 116 Å². The minimum absolute atomic E-state index is 0.0353. The molecule has 0 aliphatic carbocycles. The molecule has 2 aromatic rings. The Morgan fingerprint density at radius 1 is 1.45 bits per heavy atom. The average molecular weight is 277 g/mol. The molecule has 0 saturated carbocycles. The average Bonchev–Trinajstić information content (AvgIpc) is 2.84. The second-order valence-electron chi connectivity index (χ2n) is 4.21. The summed E-state index contributed by atoms with van der Waals surface area (Å²) in [5.41, 5.74) is 0.675. The molecule has 0 aliphatic rings. The van der Waals surface area contributed by atoms with E-state index >= 15 is 0 Å². The van der Waals surface area contributed by atoms with Gasteiger partial charge in [-0.15, -0.1) is 0 Å². The quantitative estimate of drug-likeness (QED) is 0.864. The van der Waals surface area contributed by atoms with Gasteiger partial charge in [0.05, 0.1) is 17.8 Å². The largest absolute Gasteiger partial charge is 0.368 e. The van der Waals surface area contributed by atoms with Crippen LogP contribution in [0.2, 0.25) is 0 Å². The van der Waals surface area contributed by atoms with Crippen LogP contribution in [-0.4, -0.2) is 27.2 Å². The van der Waals surface area contributed by atoms with Gasteiger partial charge in [0.1, 0.15) is 0 Å². The summed E-state index contributed by atoms with van der Waals surface area (Å²) < 4.78 is 15.7. The molecule has 0 saturated heterocycles. The number of hydrogen-bond donors (Lipinski definition) is 2. The van der Waals surface area contributed by atoms with Crippen LogP contribution in [0, 0.1) is 5.82 Å². The molecule has 1 amide bonds. The molecule has 20 heavy (non-hydrogen) atoms. The summed E-state index contributed by atoms with van der Waals surface area (Å²) in [4.78, 5) is 15.8. The normalized spacial score (nSPS) is 10.3. The Kier molecular flexibility index (Phi) is 4.29. The zero-order chi connectivity index (χ0) is 14.5. The van der Waals surface area contributed by atoms with Crippen LogP contribution in [0.1, 0.15) is 23.0 Å². The fourth-order valence-electron chi connectivity index (χ4n) is 1.73. The SMILES string of the molecule is CCNc1nccc(C(=O)NCc2ccn(C)n2)c1F. The van der Waals surface area contributed by atoms with E-state index in [-0.39, 0.29) is 17.9 Å². The van der Waals surface area contributed by atoms with Crippen molar-refractivity contribution in [2.75, 3.05) is 11.9 Å². The number of halogens is 1. The molecule has 6 nitrogen and oxygen atoms in total. The highest BCUT2D eigenvalue weighted by Crippen LogP contribution is 2.14. The third-order valence-electron chi connectivity index (χ3n) is 2.68. The van der Waals surface area contributed by atoms with Gasteiger partial charge in [-0.25, -0.2) is 9.37 Å². The molecule has 0 aliphatic heterocycles. The van der Waals surface area contributed by atoms with E-state index in [2.05, 4.69) is 20.7 Å². The lowest BCUT2D eigenvalue weighted by molar-refractivity contribution is 0.0946. The number of rotatable bonds is 5. The Morgan fingerprint density at radius 3 is 2.90 bits per heavy atom. The van der Waals surface area contributed by atoms with E-state index in [9.17, 15) is 9.18 Å². The van der Waals surface area contributed by atoms with Crippen LogP contribution in [-0.2, 0) is 13.6 Å². The fraction of sp³-hybridized carbons (Fsp3) is 0.308. The van der Waals surface area contributed by atoms with E-state index in [1.807, 2.05) is 6.92 Å². The summed E-state index contributed by atoms with van der Waals surface area (Å²) in [5, 5.41) is 9.52.